The predicted molar refractivity (Wildman–Crippen MR) is 84.3 cm³/mol. The molecular weight excluding hydrogens is 248 g/mol. The number of ether oxygens (including phenoxy) is 1. The Morgan fingerprint density at radius 2 is 2.10 bits per heavy atom. The third kappa shape index (κ3) is 4.80. The van der Waals surface area contributed by atoms with Crippen molar-refractivity contribution in [3.8, 4) is 5.75 Å². The highest BCUT2D eigenvalue weighted by molar-refractivity contribution is 5.38. The van der Waals surface area contributed by atoms with Gasteiger partial charge in [0.25, 0.3) is 0 Å². The molecule has 0 saturated carbocycles. The van der Waals surface area contributed by atoms with Crippen LogP contribution in [0.1, 0.15) is 45.2 Å². The summed E-state index contributed by atoms with van der Waals surface area (Å²) in [6.45, 7) is 11.6. The van der Waals surface area contributed by atoms with Gasteiger partial charge in [-0.05, 0) is 57.7 Å². The first kappa shape index (κ1) is 15.3. The molecule has 3 heteroatoms. The van der Waals surface area contributed by atoms with Gasteiger partial charge in [-0.2, -0.15) is 0 Å². The molecule has 2 rings (SSSR count). The highest BCUT2D eigenvalue weighted by Gasteiger charge is 2.12. The van der Waals surface area contributed by atoms with Gasteiger partial charge >= 0.3 is 0 Å². The summed E-state index contributed by atoms with van der Waals surface area (Å²) in [5, 5.41) is 7.10. The first-order valence-corrected chi connectivity index (χ1v) is 7.67. The molecule has 1 aliphatic rings. The van der Waals surface area contributed by atoms with Crippen LogP contribution in [0.15, 0.2) is 18.2 Å². The van der Waals surface area contributed by atoms with Crippen molar-refractivity contribution in [2.75, 3.05) is 13.2 Å². The first-order valence-electron chi connectivity index (χ1n) is 7.67. The van der Waals surface area contributed by atoms with Crippen molar-refractivity contribution in [3.05, 3.63) is 29.3 Å². The number of fused-ring (bicyclic) bond motifs is 1. The van der Waals surface area contributed by atoms with E-state index in [1.807, 2.05) is 0 Å². The molecule has 1 heterocycles. The van der Waals surface area contributed by atoms with Gasteiger partial charge < -0.3 is 15.4 Å². The number of hydrogen-bond donors (Lipinski definition) is 2. The molecule has 0 aliphatic carbocycles. The summed E-state index contributed by atoms with van der Waals surface area (Å²) < 4.78 is 5.65. The van der Waals surface area contributed by atoms with Crippen molar-refractivity contribution < 1.29 is 4.74 Å². The van der Waals surface area contributed by atoms with Crippen LogP contribution in [0.3, 0.4) is 0 Å². The van der Waals surface area contributed by atoms with Crippen LogP contribution in [0, 0.1) is 0 Å². The minimum atomic E-state index is 0.180. The molecule has 1 aromatic carbocycles. The lowest BCUT2D eigenvalue weighted by Gasteiger charge is -2.24. The molecule has 0 bridgehead atoms. The number of aryl methyl sites for hydroxylation is 1. The lowest BCUT2D eigenvalue weighted by atomic mass is 10.0. The second-order valence-electron chi connectivity index (χ2n) is 6.81. The fraction of sp³-hybridized carbons (Fsp3) is 0.647. The zero-order valence-electron chi connectivity index (χ0n) is 13.3. The molecule has 0 radical (unpaired) electrons. The van der Waals surface area contributed by atoms with Gasteiger partial charge in [0.2, 0.25) is 0 Å². The van der Waals surface area contributed by atoms with Crippen LogP contribution >= 0.6 is 0 Å². The van der Waals surface area contributed by atoms with Crippen molar-refractivity contribution in [2.45, 2.75) is 58.7 Å². The van der Waals surface area contributed by atoms with Crippen LogP contribution in [0.4, 0.5) is 0 Å². The second kappa shape index (κ2) is 6.59. The van der Waals surface area contributed by atoms with Crippen LogP contribution < -0.4 is 15.4 Å². The van der Waals surface area contributed by atoms with E-state index in [0.717, 1.165) is 38.3 Å². The van der Waals surface area contributed by atoms with Gasteiger partial charge in [0, 0.05) is 24.7 Å². The topological polar surface area (TPSA) is 33.3 Å². The Labute approximate surface area is 123 Å². The summed E-state index contributed by atoms with van der Waals surface area (Å²) in [7, 11) is 0. The SMILES string of the molecule is CC(CNC(C)(C)C)NCc1ccc2c(c1)CCCO2. The molecule has 1 aromatic rings. The number of rotatable bonds is 5. The van der Waals surface area contributed by atoms with E-state index < -0.39 is 0 Å². The van der Waals surface area contributed by atoms with E-state index in [-0.39, 0.29) is 5.54 Å². The molecule has 112 valence electrons. The zero-order valence-corrected chi connectivity index (χ0v) is 13.3. The largest absolute Gasteiger partial charge is 0.493 e. The van der Waals surface area contributed by atoms with E-state index in [1.165, 1.54) is 11.1 Å². The third-order valence-electron chi connectivity index (χ3n) is 3.57. The van der Waals surface area contributed by atoms with Gasteiger partial charge in [0.1, 0.15) is 5.75 Å². The molecule has 1 aliphatic heterocycles. The van der Waals surface area contributed by atoms with Gasteiger partial charge in [-0.1, -0.05) is 12.1 Å². The zero-order chi connectivity index (χ0) is 14.6. The summed E-state index contributed by atoms with van der Waals surface area (Å²) in [6.07, 6.45) is 2.28. The first-order chi connectivity index (χ1) is 9.44. The monoisotopic (exact) mass is 276 g/mol. The molecule has 0 amide bonds. The van der Waals surface area contributed by atoms with Crippen molar-refractivity contribution in [2.24, 2.45) is 0 Å². The van der Waals surface area contributed by atoms with Gasteiger partial charge in [0.05, 0.1) is 6.61 Å². The Balaban J connectivity index is 1.81. The van der Waals surface area contributed by atoms with Gasteiger partial charge in [-0.3, -0.25) is 0 Å². The maximum Gasteiger partial charge on any atom is 0.122 e. The van der Waals surface area contributed by atoms with E-state index in [4.69, 9.17) is 4.74 Å². The number of nitrogens with one attached hydrogen (secondary N) is 2. The normalized spacial score (nSPS) is 16.4. The maximum atomic E-state index is 5.65. The Morgan fingerprint density at radius 3 is 2.85 bits per heavy atom. The van der Waals surface area contributed by atoms with Gasteiger partial charge in [-0.15, -0.1) is 0 Å². The van der Waals surface area contributed by atoms with Gasteiger partial charge in [0.15, 0.2) is 0 Å². The maximum absolute atomic E-state index is 5.65. The Kier molecular flexibility index (Phi) is 5.06. The Bertz CT molecular complexity index is 437. The minimum absolute atomic E-state index is 0.180. The van der Waals surface area contributed by atoms with E-state index >= 15 is 0 Å². The van der Waals surface area contributed by atoms with Crippen LogP contribution in [-0.4, -0.2) is 24.7 Å². The summed E-state index contributed by atoms with van der Waals surface area (Å²) in [5.41, 5.74) is 2.88. The molecule has 0 spiro atoms. The quantitative estimate of drug-likeness (QED) is 0.867. The molecule has 2 N–H and O–H groups in total. The number of benzene rings is 1. The van der Waals surface area contributed by atoms with Crippen LogP contribution in [-0.2, 0) is 13.0 Å². The molecule has 0 fully saturated rings. The lowest BCUT2D eigenvalue weighted by Crippen LogP contribution is -2.44. The van der Waals surface area contributed by atoms with E-state index in [9.17, 15) is 0 Å². The molecular formula is C17H28N2O. The van der Waals surface area contributed by atoms with E-state index in [1.54, 1.807) is 0 Å². The summed E-state index contributed by atoms with van der Waals surface area (Å²) in [4.78, 5) is 0. The highest BCUT2D eigenvalue weighted by Crippen LogP contribution is 2.25. The standard InChI is InChI=1S/C17H28N2O/c1-13(11-19-17(2,3)4)18-12-14-7-8-16-15(10-14)6-5-9-20-16/h7-8,10,13,18-19H,5-6,9,11-12H2,1-4H3. The molecule has 3 nitrogen and oxygen atoms in total. The average molecular weight is 276 g/mol. The summed E-state index contributed by atoms with van der Waals surface area (Å²) in [6, 6.07) is 7.03. The van der Waals surface area contributed by atoms with Crippen molar-refractivity contribution in [1.29, 1.82) is 0 Å². The second-order valence-corrected chi connectivity index (χ2v) is 6.81. The molecule has 0 saturated heterocycles. The van der Waals surface area contributed by atoms with Gasteiger partial charge in [-0.25, -0.2) is 0 Å². The minimum Gasteiger partial charge on any atom is -0.493 e. The Morgan fingerprint density at radius 1 is 1.30 bits per heavy atom. The Hall–Kier alpha value is -1.06. The van der Waals surface area contributed by atoms with Crippen LogP contribution in [0.2, 0.25) is 0 Å². The molecule has 0 aromatic heterocycles. The van der Waals surface area contributed by atoms with Crippen LogP contribution in [0.25, 0.3) is 0 Å². The van der Waals surface area contributed by atoms with Crippen LogP contribution in [0.5, 0.6) is 5.75 Å². The molecule has 1 unspecified atom stereocenters. The fourth-order valence-electron chi connectivity index (χ4n) is 2.35. The third-order valence-corrected chi connectivity index (χ3v) is 3.57. The highest BCUT2D eigenvalue weighted by atomic mass is 16.5. The van der Waals surface area contributed by atoms with Crippen molar-refractivity contribution in [3.63, 3.8) is 0 Å². The molecule has 20 heavy (non-hydrogen) atoms. The van der Waals surface area contributed by atoms with Crippen molar-refractivity contribution >= 4 is 0 Å². The predicted octanol–water partition coefficient (Wildman–Crippen LogP) is 2.88. The fourth-order valence-corrected chi connectivity index (χ4v) is 2.35. The molecule has 1 atom stereocenters. The number of hydrogen-bond acceptors (Lipinski definition) is 3. The summed E-state index contributed by atoms with van der Waals surface area (Å²) >= 11 is 0. The smallest absolute Gasteiger partial charge is 0.122 e. The van der Waals surface area contributed by atoms with Crippen molar-refractivity contribution in [1.82, 2.24) is 10.6 Å². The summed E-state index contributed by atoms with van der Waals surface area (Å²) in [5.74, 6) is 1.07. The lowest BCUT2D eigenvalue weighted by molar-refractivity contribution is 0.288. The average Bonchev–Trinajstić information content (AvgIpc) is 2.42. The van der Waals surface area contributed by atoms with E-state index in [2.05, 4.69) is 56.5 Å². The van der Waals surface area contributed by atoms with E-state index in [0.29, 0.717) is 6.04 Å².